The zero-order valence-corrected chi connectivity index (χ0v) is 15.3. The molecule has 5 heteroatoms. The van der Waals surface area contributed by atoms with Gasteiger partial charge in [-0.05, 0) is 61.0 Å². The van der Waals surface area contributed by atoms with E-state index in [-0.39, 0.29) is 5.54 Å². The number of hydrogen-bond acceptors (Lipinski definition) is 3. The van der Waals surface area contributed by atoms with Crippen molar-refractivity contribution in [3.8, 4) is 17.0 Å². The van der Waals surface area contributed by atoms with Gasteiger partial charge in [-0.15, -0.1) is 0 Å². The van der Waals surface area contributed by atoms with Crippen molar-refractivity contribution in [2.24, 2.45) is 0 Å². The quantitative estimate of drug-likeness (QED) is 0.703. The van der Waals surface area contributed by atoms with E-state index in [4.69, 9.17) is 9.72 Å². The van der Waals surface area contributed by atoms with Crippen molar-refractivity contribution in [3.63, 3.8) is 0 Å². The fraction of sp³-hybridized carbons (Fsp3) is 0.278. The molecule has 0 aliphatic rings. The number of hydrogen-bond donors (Lipinski definition) is 1. The Balaban J connectivity index is 2.24. The maximum atomic E-state index is 5.35. The van der Waals surface area contributed by atoms with E-state index in [9.17, 15) is 0 Å². The maximum absolute atomic E-state index is 5.35. The normalized spacial score (nSPS) is 11.7. The topological polar surface area (TPSA) is 38.6 Å². The number of imidazole rings is 1. The predicted molar refractivity (Wildman–Crippen MR) is 98.3 cm³/mol. The van der Waals surface area contributed by atoms with Gasteiger partial charge in [0.25, 0.3) is 0 Å². The zero-order chi connectivity index (χ0) is 16.6. The van der Waals surface area contributed by atoms with Gasteiger partial charge in [0.2, 0.25) is 0 Å². The molecule has 0 aliphatic heterocycles. The van der Waals surface area contributed by atoms with Crippen molar-refractivity contribution >= 4 is 27.4 Å². The number of benzene rings is 1. The second-order valence-corrected chi connectivity index (χ2v) is 7.41. The first-order chi connectivity index (χ1) is 10.9. The molecule has 2 aromatic heterocycles. The van der Waals surface area contributed by atoms with Crippen molar-refractivity contribution in [3.05, 3.63) is 47.1 Å². The Morgan fingerprint density at radius 1 is 1.17 bits per heavy atom. The highest BCUT2D eigenvalue weighted by atomic mass is 79.9. The van der Waals surface area contributed by atoms with Crippen LogP contribution in [0.25, 0.3) is 16.9 Å². The van der Waals surface area contributed by atoms with E-state index in [2.05, 4.69) is 46.4 Å². The molecule has 0 atom stereocenters. The first kappa shape index (κ1) is 15.9. The number of anilines is 1. The molecule has 2 heterocycles. The molecule has 0 amide bonds. The van der Waals surface area contributed by atoms with Gasteiger partial charge in [-0.25, -0.2) is 4.98 Å². The number of rotatable bonds is 3. The van der Waals surface area contributed by atoms with Crippen LogP contribution in [0.3, 0.4) is 0 Å². The van der Waals surface area contributed by atoms with Crippen LogP contribution in [-0.4, -0.2) is 22.0 Å². The lowest BCUT2D eigenvalue weighted by atomic mass is 10.1. The predicted octanol–water partition coefficient (Wildman–Crippen LogP) is 4.98. The van der Waals surface area contributed by atoms with Gasteiger partial charge >= 0.3 is 0 Å². The van der Waals surface area contributed by atoms with Gasteiger partial charge in [0, 0.05) is 21.8 Å². The lowest BCUT2D eigenvalue weighted by Gasteiger charge is -2.22. The van der Waals surface area contributed by atoms with Gasteiger partial charge in [0.05, 0.1) is 7.11 Å². The molecular formula is C18H20BrN3O. The molecule has 0 fully saturated rings. The van der Waals surface area contributed by atoms with Crippen LogP contribution in [0.2, 0.25) is 0 Å². The monoisotopic (exact) mass is 373 g/mol. The number of pyridine rings is 1. The van der Waals surface area contributed by atoms with Gasteiger partial charge in [-0.3, -0.25) is 4.40 Å². The highest BCUT2D eigenvalue weighted by molar-refractivity contribution is 9.10. The van der Waals surface area contributed by atoms with Crippen LogP contribution in [0.5, 0.6) is 5.75 Å². The second-order valence-electron chi connectivity index (χ2n) is 6.49. The fourth-order valence-corrected chi connectivity index (χ4v) is 2.80. The summed E-state index contributed by atoms with van der Waals surface area (Å²) in [5.74, 6) is 1.80. The highest BCUT2D eigenvalue weighted by Gasteiger charge is 2.19. The smallest absolute Gasteiger partial charge is 0.139 e. The summed E-state index contributed by atoms with van der Waals surface area (Å²) < 4.78 is 8.43. The van der Waals surface area contributed by atoms with Crippen LogP contribution >= 0.6 is 15.9 Å². The van der Waals surface area contributed by atoms with Gasteiger partial charge < -0.3 is 10.1 Å². The molecule has 120 valence electrons. The van der Waals surface area contributed by atoms with Crippen molar-refractivity contribution in [2.45, 2.75) is 26.3 Å². The molecule has 0 radical (unpaired) electrons. The fourth-order valence-electron chi connectivity index (χ4n) is 2.47. The molecule has 3 rings (SSSR count). The Hall–Kier alpha value is -2.01. The number of aromatic nitrogens is 2. The first-order valence-electron chi connectivity index (χ1n) is 7.47. The molecule has 0 aliphatic carbocycles. The Labute approximate surface area is 144 Å². The minimum Gasteiger partial charge on any atom is -0.497 e. The third-order valence-corrected chi connectivity index (χ3v) is 3.89. The first-order valence-corrected chi connectivity index (χ1v) is 8.27. The number of fused-ring (bicyclic) bond motifs is 1. The van der Waals surface area contributed by atoms with Gasteiger partial charge in [-0.2, -0.15) is 0 Å². The van der Waals surface area contributed by atoms with E-state index in [1.54, 1.807) is 7.11 Å². The van der Waals surface area contributed by atoms with Gasteiger partial charge in [0.1, 0.15) is 22.9 Å². The lowest BCUT2D eigenvalue weighted by molar-refractivity contribution is 0.415. The van der Waals surface area contributed by atoms with Gasteiger partial charge in [0.15, 0.2) is 0 Å². The molecule has 4 nitrogen and oxygen atoms in total. The summed E-state index contributed by atoms with van der Waals surface area (Å²) in [4.78, 5) is 4.81. The Morgan fingerprint density at radius 2 is 1.96 bits per heavy atom. The molecule has 3 aromatic rings. The summed E-state index contributed by atoms with van der Waals surface area (Å²) >= 11 is 3.54. The minimum atomic E-state index is -0.0775. The minimum absolute atomic E-state index is 0.0775. The van der Waals surface area contributed by atoms with Crippen LogP contribution in [0.15, 0.2) is 47.1 Å². The van der Waals surface area contributed by atoms with E-state index >= 15 is 0 Å². The number of halogens is 1. The van der Waals surface area contributed by atoms with Crippen LogP contribution in [0.4, 0.5) is 5.82 Å². The third-order valence-electron chi connectivity index (χ3n) is 3.42. The Kier molecular flexibility index (Phi) is 4.06. The van der Waals surface area contributed by atoms with E-state index in [1.165, 1.54) is 0 Å². The zero-order valence-electron chi connectivity index (χ0n) is 13.7. The Morgan fingerprint density at radius 3 is 2.65 bits per heavy atom. The Bertz CT molecular complexity index is 849. The molecule has 0 saturated heterocycles. The van der Waals surface area contributed by atoms with Crippen molar-refractivity contribution in [1.82, 2.24) is 9.38 Å². The SMILES string of the molecule is COc1cccc(-c2nc3ccc(Br)cn3c2NC(C)(C)C)c1. The number of nitrogens with one attached hydrogen (secondary N) is 1. The van der Waals surface area contributed by atoms with Crippen LogP contribution in [0, 0.1) is 0 Å². The van der Waals surface area contributed by atoms with Crippen LogP contribution in [0.1, 0.15) is 20.8 Å². The van der Waals surface area contributed by atoms with Crippen molar-refractivity contribution in [2.75, 3.05) is 12.4 Å². The molecule has 1 N–H and O–H groups in total. The number of nitrogens with zero attached hydrogens (tertiary/aromatic N) is 2. The molecule has 0 saturated carbocycles. The summed E-state index contributed by atoms with van der Waals surface area (Å²) in [6.07, 6.45) is 2.03. The van der Waals surface area contributed by atoms with Crippen molar-refractivity contribution in [1.29, 1.82) is 0 Å². The lowest BCUT2D eigenvalue weighted by Crippen LogP contribution is -2.27. The van der Waals surface area contributed by atoms with Crippen molar-refractivity contribution < 1.29 is 4.74 Å². The molecule has 1 aromatic carbocycles. The average Bonchev–Trinajstić information content (AvgIpc) is 2.84. The standard InChI is InChI=1S/C18H20BrN3O/c1-18(2,3)21-17-16(12-6-5-7-14(10-12)23-4)20-15-9-8-13(19)11-22(15)17/h5-11,21H,1-4H3. The maximum Gasteiger partial charge on any atom is 0.139 e. The van der Waals surface area contributed by atoms with E-state index in [0.29, 0.717) is 0 Å². The second kappa shape index (κ2) is 5.89. The van der Waals surface area contributed by atoms with E-state index < -0.39 is 0 Å². The van der Waals surface area contributed by atoms with E-state index in [1.807, 2.05) is 42.6 Å². The molecular weight excluding hydrogens is 354 g/mol. The summed E-state index contributed by atoms with van der Waals surface area (Å²) in [7, 11) is 1.67. The van der Waals surface area contributed by atoms with Gasteiger partial charge in [-0.1, -0.05) is 12.1 Å². The molecule has 0 spiro atoms. The summed E-state index contributed by atoms with van der Waals surface area (Å²) in [5, 5.41) is 3.57. The number of methoxy groups -OCH3 is 1. The molecule has 23 heavy (non-hydrogen) atoms. The summed E-state index contributed by atoms with van der Waals surface area (Å²) in [5.41, 5.74) is 2.76. The van der Waals surface area contributed by atoms with Crippen LogP contribution in [-0.2, 0) is 0 Å². The highest BCUT2D eigenvalue weighted by Crippen LogP contribution is 2.33. The molecule has 0 bridgehead atoms. The largest absolute Gasteiger partial charge is 0.497 e. The average molecular weight is 374 g/mol. The van der Waals surface area contributed by atoms with E-state index in [0.717, 1.165) is 32.9 Å². The van der Waals surface area contributed by atoms with Crippen LogP contribution < -0.4 is 10.1 Å². The third kappa shape index (κ3) is 3.34. The number of ether oxygens (including phenoxy) is 1. The summed E-state index contributed by atoms with van der Waals surface area (Å²) in [6.45, 7) is 6.42. The molecule has 0 unspecified atom stereocenters. The summed E-state index contributed by atoms with van der Waals surface area (Å²) in [6, 6.07) is 12.0.